The van der Waals surface area contributed by atoms with Crippen molar-refractivity contribution in [1.82, 2.24) is 9.80 Å². The van der Waals surface area contributed by atoms with Gasteiger partial charge >= 0.3 is 6.03 Å². The number of hydrogen-bond acceptors (Lipinski definition) is 3. The Hall–Kier alpha value is -2.47. The van der Waals surface area contributed by atoms with Crippen LogP contribution in [0.15, 0.2) is 65.1 Å². The summed E-state index contributed by atoms with van der Waals surface area (Å²) in [7, 11) is 0. The number of halogens is 2. The maximum absolute atomic E-state index is 13.3. The number of likely N-dealkylation sites (tertiary alicyclic amines) is 1. The number of nitrogens with one attached hydrogen (secondary N) is 1. The summed E-state index contributed by atoms with van der Waals surface area (Å²) in [5, 5.41) is 3.92. The van der Waals surface area contributed by atoms with Gasteiger partial charge in [-0.15, -0.1) is 0 Å². The van der Waals surface area contributed by atoms with Crippen LogP contribution in [0.5, 0.6) is 0 Å². The van der Waals surface area contributed by atoms with Gasteiger partial charge in [0.25, 0.3) is 0 Å². The molecule has 1 aromatic heterocycles. The zero-order chi connectivity index (χ0) is 22.5. The second kappa shape index (κ2) is 10.4. The van der Waals surface area contributed by atoms with Gasteiger partial charge in [-0.25, -0.2) is 4.79 Å². The fourth-order valence-corrected chi connectivity index (χ4v) is 4.45. The Morgan fingerprint density at radius 1 is 1.09 bits per heavy atom. The Kier molecular flexibility index (Phi) is 7.40. The Morgan fingerprint density at radius 3 is 2.53 bits per heavy atom. The number of furan rings is 1. The predicted molar refractivity (Wildman–Crippen MR) is 129 cm³/mol. The second-order valence-corrected chi connectivity index (χ2v) is 9.03. The Morgan fingerprint density at radius 2 is 1.84 bits per heavy atom. The van der Waals surface area contributed by atoms with Gasteiger partial charge in [-0.2, -0.15) is 0 Å². The van der Waals surface area contributed by atoms with Crippen LogP contribution < -0.4 is 5.32 Å². The molecular weight excluding hydrogens is 445 g/mol. The molecule has 1 aliphatic heterocycles. The molecule has 4 rings (SSSR count). The van der Waals surface area contributed by atoms with Crippen molar-refractivity contribution < 1.29 is 9.21 Å². The fourth-order valence-electron chi connectivity index (χ4n) is 4.12. The molecule has 0 saturated carbocycles. The van der Waals surface area contributed by atoms with Gasteiger partial charge in [-0.1, -0.05) is 53.5 Å². The number of piperidine rings is 1. The van der Waals surface area contributed by atoms with Gasteiger partial charge < -0.3 is 14.6 Å². The molecule has 0 bridgehead atoms. The van der Waals surface area contributed by atoms with Crippen molar-refractivity contribution in [3.05, 3.63) is 87.8 Å². The van der Waals surface area contributed by atoms with Gasteiger partial charge in [0.2, 0.25) is 0 Å². The molecule has 0 spiro atoms. The van der Waals surface area contributed by atoms with E-state index in [1.165, 1.54) is 5.56 Å². The standard InChI is InChI=1S/C25H27Cl2N3O2/c1-18-7-9-22(32-18)17-30(25(31)28-24-15-20(26)8-10-23(24)27)21-11-13-29(14-12-21)16-19-5-3-2-4-6-19/h2-10,15,21H,11-14,16-17H2,1H3,(H,28,31). The molecule has 7 heteroatoms. The number of carbonyl (C=O) groups excluding carboxylic acids is 1. The lowest BCUT2D eigenvalue weighted by Crippen LogP contribution is -2.48. The number of hydrogen-bond donors (Lipinski definition) is 1. The molecule has 1 N–H and O–H groups in total. The summed E-state index contributed by atoms with van der Waals surface area (Å²) in [6, 6.07) is 19.3. The van der Waals surface area contributed by atoms with Crippen molar-refractivity contribution in [3.8, 4) is 0 Å². The van der Waals surface area contributed by atoms with Crippen LogP contribution in [0, 0.1) is 6.92 Å². The van der Waals surface area contributed by atoms with E-state index in [1.54, 1.807) is 18.2 Å². The lowest BCUT2D eigenvalue weighted by atomic mass is 10.0. The fraction of sp³-hybridized carbons (Fsp3) is 0.320. The van der Waals surface area contributed by atoms with E-state index >= 15 is 0 Å². The number of rotatable bonds is 6. The summed E-state index contributed by atoms with van der Waals surface area (Å²) in [5.74, 6) is 1.59. The monoisotopic (exact) mass is 471 g/mol. The summed E-state index contributed by atoms with van der Waals surface area (Å²) < 4.78 is 5.77. The summed E-state index contributed by atoms with van der Waals surface area (Å²) in [6.45, 7) is 5.09. The van der Waals surface area contributed by atoms with E-state index in [4.69, 9.17) is 27.6 Å². The first-order valence-corrected chi connectivity index (χ1v) is 11.6. The summed E-state index contributed by atoms with van der Waals surface area (Å²) in [4.78, 5) is 17.6. The number of nitrogens with zero attached hydrogens (tertiary/aromatic N) is 2. The molecule has 32 heavy (non-hydrogen) atoms. The largest absolute Gasteiger partial charge is 0.464 e. The van der Waals surface area contributed by atoms with Gasteiger partial charge in [-0.3, -0.25) is 4.90 Å². The second-order valence-electron chi connectivity index (χ2n) is 8.19. The van der Waals surface area contributed by atoms with Crippen molar-refractivity contribution in [2.75, 3.05) is 18.4 Å². The average molecular weight is 472 g/mol. The number of aryl methyl sites for hydroxylation is 1. The van der Waals surface area contributed by atoms with Crippen molar-refractivity contribution in [2.45, 2.75) is 38.9 Å². The number of urea groups is 1. The van der Waals surface area contributed by atoms with Gasteiger partial charge in [0.1, 0.15) is 11.5 Å². The first-order chi connectivity index (χ1) is 15.5. The Labute approximate surface area is 198 Å². The smallest absolute Gasteiger partial charge is 0.322 e. The van der Waals surface area contributed by atoms with E-state index in [0.29, 0.717) is 22.3 Å². The van der Waals surface area contributed by atoms with Crippen molar-refractivity contribution >= 4 is 34.9 Å². The minimum absolute atomic E-state index is 0.102. The molecule has 5 nitrogen and oxygen atoms in total. The van der Waals surface area contributed by atoms with Crippen LogP contribution in [0.25, 0.3) is 0 Å². The molecule has 2 aromatic carbocycles. The maximum Gasteiger partial charge on any atom is 0.322 e. The highest BCUT2D eigenvalue weighted by Crippen LogP contribution is 2.27. The molecule has 1 saturated heterocycles. The molecule has 1 aliphatic rings. The molecule has 0 aliphatic carbocycles. The zero-order valence-corrected chi connectivity index (χ0v) is 19.6. The molecule has 168 valence electrons. The third-order valence-electron chi connectivity index (χ3n) is 5.80. The average Bonchev–Trinajstić information content (AvgIpc) is 3.21. The summed E-state index contributed by atoms with van der Waals surface area (Å²) >= 11 is 12.4. The topological polar surface area (TPSA) is 48.7 Å². The van der Waals surface area contributed by atoms with Gasteiger partial charge in [0.15, 0.2) is 0 Å². The third-order valence-corrected chi connectivity index (χ3v) is 6.36. The quantitative estimate of drug-likeness (QED) is 0.440. The summed E-state index contributed by atoms with van der Waals surface area (Å²) in [6.07, 6.45) is 1.78. The van der Waals surface area contributed by atoms with Gasteiger partial charge in [0.05, 0.1) is 17.3 Å². The number of carbonyl (C=O) groups is 1. The summed E-state index contributed by atoms with van der Waals surface area (Å²) in [5.41, 5.74) is 1.81. The highest BCUT2D eigenvalue weighted by atomic mass is 35.5. The highest BCUT2D eigenvalue weighted by Gasteiger charge is 2.29. The van der Waals surface area contributed by atoms with Crippen LogP contribution in [-0.4, -0.2) is 35.0 Å². The first kappa shape index (κ1) is 22.7. The first-order valence-electron chi connectivity index (χ1n) is 10.8. The molecule has 3 aromatic rings. The van der Waals surface area contributed by atoms with Crippen molar-refractivity contribution in [3.63, 3.8) is 0 Å². The molecular formula is C25H27Cl2N3O2. The van der Waals surface area contributed by atoms with E-state index in [-0.39, 0.29) is 12.1 Å². The molecule has 2 heterocycles. The molecule has 0 radical (unpaired) electrons. The van der Waals surface area contributed by atoms with E-state index in [2.05, 4.69) is 34.5 Å². The van der Waals surface area contributed by atoms with Crippen LogP contribution in [0.3, 0.4) is 0 Å². The van der Waals surface area contributed by atoms with Crippen LogP contribution in [0.1, 0.15) is 29.9 Å². The van der Waals surface area contributed by atoms with E-state index < -0.39 is 0 Å². The predicted octanol–water partition coefficient (Wildman–Crippen LogP) is 6.59. The van der Waals surface area contributed by atoms with Gasteiger partial charge in [0, 0.05) is 30.7 Å². The van der Waals surface area contributed by atoms with Crippen molar-refractivity contribution in [2.24, 2.45) is 0 Å². The normalized spacial score (nSPS) is 15.0. The zero-order valence-electron chi connectivity index (χ0n) is 18.1. The van der Waals surface area contributed by atoms with Crippen LogP contribution >= 0.6 is 23.2 Å². The van der Waals surface area contributed by atoms with E-state index in [0.717, 1.165) is 44.0 Å². The number of amides is 2. The van der Waals surface area contributed by atoms with Crippen molar-refractivity contribution in [1.29, 1.82) is 0 Å². The van der Waals surface area contributed by atoms with E-state index in [1.807, 2.05) is 30.0 Å². The molecule has 1 fully saturated rings. The molecule has 0 atom stereocenters. The molecule has 2 amide bonds. The van der Waals surface area contributed by atoms with Crippen LogP contribution in [-0.2, 0) is 13.1 Å². The van der Waals surface area contributed by atoms with Crippen LogP contribution in [0.4, 0.5) is 10.5 Å². The lowest BCUT2D eigenvalue weighted by molar-refractivity contribution is 0.115. The minimum Gasteiger partial charge on any atom is -0.464 e. The van der Waals surface area contributed by atoms with E-state index in [9.17, 15) is 4.79 Å². The van der Waals surface area contributed by atoms with Gasteiger partial charge in [-0.05, 0) is 55.7 Å². The van der Waals surface area contributed by atoms with Crippen LogP contribution in [0.2, 0.25) is 10.0 Å². The Bertz CT molecular complexity index is 1050. The Balaban J connectivity index is 1.45. The number of benzene rings is 2. The minimum atomic E-state index is -0.204. The third kappa shape index (κ3) is 5.85. The SMILES string of the molecule is Cc1ccc(CN(C(=O)Nc2cc(Cl)ccc2Cl)C2CCN(Cc3ccccc3)CC2)o1. The maximum atomic E-state index is 13.3. The molecule has 0 unspecified atom stereocenters. The lowest BCUT2D eigenvalue weighted by Gasteiger charge is -2.38. The number of anilines is 1. The highest BCUT2D eigenvalue weighted by molar-refractivity contribution is 6.35.